The number of benzene rings is 2. The first kappa shape index (κ1) is 19.7. The van der Waals surface area contributed by atoms with E-state index in [1.807, 2.05) is 50.2 Å². The Morgan fingerprint density at radius 2 is 1.81 bits per heavy atom. The molecule has 1 unspecified atom stereocenters. The van der Waals surface area contributed by atoms with E-state index in [-0.39, 0.29) is 19.0 Å². The smallest absolute Gasteiger partial charge is 0.125 e. The first-order valence-electron chi connectivity index (χ1n) is 9.45. The molecule has 1 atom stereocenters. The summed E-state index contributed by atoms with van der Waals surface area (Å²) in [4.78, 5) is 4.85. The van der Waals surface area contributed by atoms with Crippen LogP contribution in [0.5, 0.6) is 5.75 Å². The maximum Gasteiger partial charge on any atom is 0.125 e. The van der Waals surface area contributed by atoms with Gasteiger partial charge in [0.1, 0.15) is 24.3 Å². The van der Waals surface area contributed by atoms with Gasteiger partial charge < -0.3 is 14.4 Å². The first-order valence-corrected chi connectivity index (χ1v) is 9.45. The first-order chi connectivity index (χ1) is 12.6. The van der Waals surface area contributed by atoms with Gasteiger partial charge in [-0.3, -0.25) is 0 Å². The minimum atomic E-state index is -0.578. The number of nitrogens with zero attached hydrogens (tertiary/aromatic N) is 2. The lowest BCUT2D eigenvalue weighted by Gasteiger charge is -2.26. The second kappa shape index (κ2) is 8.32. The predicted octanol–water partition coefficient (Wildman–Crippen LogP) is 4.78. The molecule has 2 aromatic carbocycles. The third-order valence-electron chi connectivity index (χ3n) is 5.38. The normalized spacial score (nSPS) is 15.2. The molecule has 0 bridgehead atoms. The minimum absolute atomic E-state index is 0. The Morgan fingerprint density at radius 1 is 1.11 bits per heavy atom. The molecule has 1 fully saturated rings. The van der Waals surface area contributed by atoms with Gasteiger partial charge in [-0.25, -0.2) is 4.98 Å². The van der Waals surface area contributed by atoms with Crippen molar-refractivity contribution >= 4 is 23.4 Å². The summed E-state index contributed by atoms with van der Waals surface area (Å²) in [6.07, 6.45) is 3.08. The Bertz CT molecular complexity index is 898. The molecule has 0 aliphatic heterocycles. The van der Waals surface area contributed by atoms with Crippen LogP contribution < -0.4 is 4.74 Å². The van der Waals surface area contributed by atoms with Gasteiger partial charge >= 0.3 is 0 Å². The molecule has 1 aliphatic carbocycles. The van der Waals surface area contributed by atoms with E-state index < -0.39 is 6.10 Å². The lowest BCUT2D eigenvalue weighted by molar-refractivity contribution is 0.0913. The van der Waals surface area contributed by atoms with Gasteiger partial charge in [0.05, 0.1) is 17.6 Å². The molecule has 1 heterocycles. The number of hydrogen-bond donors (Lipinski definition) is 1. The van der Waals surface area contributed by atoms with Crippen LogP contribution in [-0.2, 0) is 6.54 Å². The van der Waals surface area contributed by atoms with Gasteiger partial charge in [0.2, 0.25) is 0 Å². The van der Waals surface area contributed by atoms with Crippen molar-refractivity contribution < 1.29 is 9.84 Å². The molecule has 1 N–H and O–H groups in total. The number of aliphatic hydroxyl groups excluding tert-OH is 1. The number of rotatable bonds is 6. The summed E-state index contributed by atoms with van der Waals surface area (Å²) >= 11 is 0. The van der Waals surface area contributed by atoms with Crippen molar-refractivity contribution in [2.24, 2.45) is 0 Å². The molecule has 0 saturated heterocycles. The zero-order valence-corrected chi connectivity index (χ0v) is 16.7. The molecule has 4 rings (SSSR count). The molecule has 144 valence electrons. The second-order valence-electron chi connectivity index (χ2n) is 7.38. The highest BCUT2D eigenvalue weighted by Crippen LogP contribution is 2.37. The van der Waals surface area contributed by atoms with Crippen LogP contribution in [0.25, 0.3) is 11.0 Å². The maximum absolute atomic E-state index is 10.6. The number of hydrogen-bond acceptors (Lipinski definition) is 3. The van der Waals surface area contributed by atoms with Crippen molar-refractivity contribution in [3.05, 3.63) is 59.4 Å². The Kier molecular flexibility index (Phi) is 6.08. The molecular weight excluding hydrogens is 360 g/mol. The topological polar surface area (TPSA) is 47.3 Å². The molecule has 0 spiro atoms. The van der Waals surface area contributed by atoms with Crippen LogP contribution in [0.2, 0.25) is 0 Å². The summed E-state index contributed by atoms with van der Waals surface area (Å²) in [5.41, 5.74) is 4.30. The van der Waals surface area contributed by atoms with E-state index in [1.165, 1.54) is 19.3 Å². The summed E-state index contributed by atoms with van der Waals surface area (Å²) < 4.78 is 8.14. The SMILES string of the molecule is Cc1cccc(C)c1OCC(O)Cn1c(C2CCC2)nc2ccccc21.Cl. The monoisotopic (exact) mass is 386 g/mol. The number of fused-ring (bicyclic) bond motifs is 1. The summed E-state index contributed by atoms with van der Waals surface area (Å²) in [5, 5.41) is 10.6. The van der Waals surface area contributed by atoms with E-state index in [9.17, 15) is 5.11 Å². The highest BCUT2D eigenvalue weighted by atomic mass is 35.5. The second-order valence-corrected chi connectivity index (χ2v) is 7.38. The molecule has 1 aromatic heterocycles. The van der Waals surface area contributed by atoms with Crippen molar-refractivity contribution in [3.63, 3.8) is 0 Å². The molecule has 1 aliphatic rings. The number of para-hydroxylation sites is 3. The van der Waals surface area contributed by atoms with Crippen molar-refractivity contribution in [2.45, 2.75) is 51.7 Å². The Labute approximate surface area is 166 Å². The van der Waals surface area contributed by atoms with Gasteiger partial charge in [0, 0.05) is 5.92 Å². The van der Waals surface area contributed by atoms with Gasteiger partial charge in [-0.05, 0) is 49.9 Å². The number of aromatic nitrogens is 2. The molecule has 5 heteroatoms. The summed E-state index contributed by atoms with van der Waals surface area (Å²) in [7, 11) is 0. The fourth-order valence-corrected chi connectivity index (χ4v) is 3.73. The van der Waals surface area contributed by atoms with E-state index >= 15 is 0 Å². The number of ether oxygens (including phenoxy) is 1. The molecule has 27 heavy (non-hydrogen) atoms. The van der Waals surface area contributed by atoms with Gasteiger partial charge in [-0.1, -0.05) is 36.8 Å². The van der Waals surface area contributed by atoms with Gasteiger partial charge in [0.25, 0.3) is 0 Å². The quantitative estimate of drug-likeness (QED) is 0.663. The average Bonchev–Trinajstić information content (AvgIpc) is 2.91. The third kappa shape index (κ3) is 3.97. The van der Waals surface area contributed by atoms with Crippen molar-refractivity contribution in [1.29, 1.82) is 0 Å². The maximum atomic E-state index is 10.6. The number of imidazole rings is 1. The van der Waals surface area contributed by atoms with E-state index in [0.29, 0.717) is 12.5 Å². The lowest BCUT2D eigenvalue weighted by Crippen LogP contribution is -2.26. The van der Waals surface area contributed by atoms with Crippen LogP contribution in [0.15, 0.2) is 42.5 Å². The zero-order chi connectivity index (χ0) is 18.1. The van der Waals surface area contributed by atoms with E-state index in [1.54, 1.807) is 0 Å². The van der Waals surface area contributed by atoms with E-state index in [4.69, 9.17) is 9.72 Å². The molecule has 1 saturated carbocycles. The summed E-state index contributed by atoms with van der Waals surface area (Å²) in [5.74, 6) is 2.51. The summed E-state index contributed by atoms with van der Waals surface area (Å²) in [6.45, 7) is 4.86. The molecular formula is C22H27ClN2O2. The fraction of sp³-hybridized carbons (Fsp3) is 0.409. The summed E-state index contributed by atoms with van der Waals surface area (Å²) in [6, 6.07) is 14.3. The highest BCUT2D eigenvalue weighted by molar-refractivity contribution is 5.85. The number of aliphatic hydroxyl groups is 1. The number of aryl methyl sites for hydroxylation is 2. The predicted molar refractivity (Wildman–Crippen MR) is 111 cm³/mol. The molecule has 3 aromatic rings. The lowest BCUT2D eigenvalue weighted by atomic mass is 9.85. The van der Waals surface area contributed by atoms with E-state index in [2.05, 4.69) is 10.6 Å². The van der Waals surface area contributed by atoms with Crippen LogP contribution in [0.3, 0.4) is 0 Å². The molecule has 4 nitrogen and oxygen atoms in total. The zero-order valence-electron chi connectivity index (χ0n) is 15.9. The average molecular weight is 387 g/mol. The van der Waals surface area contributed by atoms with Crippen LogP contribution >= 0.6 is 12.4 Å². The van der Waals surface area contributed by atoms with Crippen LogP contribution in [0, 0.1) is 13.8 Å². The van der Waals surface area contributed by atoms with Gasteiger partial charge in [-0.15, -0.1) is 12.4 Å². The molecule has 0 radical (unpaired) electrons. The largest absolute Gasteiger partial charge is 0.490 e. The standard InChI is InChI=1S/C22H26N2O2.ClH/c1-15-7-5-8-16(2)21(15)26-14-18(25)13-24-20-12-4-3-11-19(20)23-22(24)17-9-6-10-17;/h3-5,7-8,11-12,17-18,25H,6,9-10,13-14H2,1-2H3;1H. The van der Waals surface area contributed by atoms with Crippen molar-refractivity contribution in [2.75, 3.05) is 6.61 Å². The van der Waals surface area contributed by atoms with Crippen molar-refractivity contribution in [1.82, 2.24) is 9.55 Å². The Balaban J connectivity index is 0.00000210. The molecule has 0 amide bonds. The fourth-order valence-electron chi connectivity index (χ4n) is 3.73. The van der Waals surface area contributed by atoms with Gasteiger partial charge in [0.15, 0.2) is 0 Å². The van der Waals surface area contributed by atoms with Crippen molar-refractivity contribution in [3.8, 4) is 5.75 Å². The van der Waals surface area contributed by atoms with E-state index in [0.717, 1.165) is 33.7 Å². The van der Waals surface area contributed by atoms with Crippen LogP contribution in [-0.4, -0.2) is 27.4 Å². The highest BCUT2D eigenvalue weighted by Gasteiger charge is 2.26. The minimum Gasteiger partial charge on any atom is -0.490 e. The van der Waals surface area contributed by atoms with Crippen LogP contribution in [0.4, 0.5) is 0 Å². The third-order valence-corrected chi connectivity index (χ3v) is 5.38. The van der Waals surface area contributed by atoms with Crippen LogP contribution in [0.1, 0.15) is 42.1 Å². The Morgan fingerprint density at radius 3 is 2.48 bits per heavy atom. The van der Waals surface area contributed by atoms with Gasteiger partial charge in [-0.2, -0.15) is 0 Å². The number of halogens is 1. The Hall–Kier alpha value is -2.04.